The molecule has 0 saturated heterocycles. The first-order chi connectivity index (χ1) is 14.9. The Balaban J connectivity index is 2.40. The maximum Gasteiger partial charge on any atom is 0.244 e. The van der Waals surface area contributed by atoms with E-state index in [9.17, 15) is 18.0 Å². The quantitative estimate of drug-likeness (QED) is 0.570. The summed E-state index contributed by atoms with van der Waals surface area (Å²) in [6.45, 7) is 5.17. The van der Waals surface area contributed by atoms with E-state index in [1.807, 2.05) is 0 Å². The molecule has 2 aromatic rings. The third-order valence-corrected chi connectivity index (χ3v) is 6.50. The van der Waals surface area contributed by atoms with E-state index in [0.717, 1.165) is 16.1 Å². The van der Waals surface area contributed by atoms with Crippen molar-refractivity contribution in [1.29, 1.82) is 0 Å². The van der Waals surface area contributed by atoms with E-state index < -0.39 is 28.5 Å². The Morgan fingerprint density at radius 2 is 1.66 bits per heavy atom. The van der Waals surface area contributed by atoms with E-state index in [2.05, 4.69) is 5.32 Å². The Bertz CT molecular complexity index is 1080. The first kappa shape index (κ1) is 26.0. The number of aryl methyl sites for hydroxylation is 1. The summed E-state index contributed by atoms with van der Waals surface area (Å²) in [6, 6.07) is 10.8. The summed E-state index contributed by atoms with van der Waals surface area (Å²) in [4.78, 5) is 27.2. The SMILES string of the molecule is CCNC(=O)[C@H](C)N(Cc1ccc(Cl)cc1)C(=O)CN(c1ccc(Cl)cc1C)S(C)(=O)=O. The minimum absolute atomic E-state index is 0.117. The van der Waals surface area contributed by atoms with Gasteiger partial charge in [-0.15, -0.1) is 0 Å². The molecule has 2 rings (SSSR count). The molecule has 0 bridgehead atoms. The fourth-order valence-electron chi connectivity index (χ4n) is 3.18. The summed E-state index contributed by atoms with van der Waals surface area (Å²) in [5, 5.41) is 3.71. The molecule has 0 spiro atoms. The predicted octanol–water partition coefficient (Wildman–Crippen LogP) is 3.62. The molecule has 0 aromatic heterocycles. The summed E-state index contributed by atoms with van der Waals surface area (Å²) in [7, 11) is -3.79. The highest BCUT2D eigenvalue weighted by Gasteiger charge is 2.30. The highest BCUT2D eigenvalue weighted by molar-refractivity contribution is 7.92. The molecule has 2 aromatic carbocycles. The van der Waals surface area contributed by atoms with Crippen molar-refractivity contribution < 1.29 is 18.0 Å². The van der Waals surface area contributed by atoms with Gasteiger partial charge in [0.2, 0.25) is 21.8 Å². The highest BCUT2D eigenvalue weighted by Crippen LogP contribution is 2.26. The van der Waals surface area contributed by atoms with Gasteiger partial charge in [-0.25, -0.2) is 8.42 Å². The van der Waals surface area contributed by atoms with Gasteiger partial charge in [0.1, 0.15) is 12.6 Å². The molecular formula is C22H27Cl2N3O4S. The van der Waals surface area contributed by atoms with Gasteiger partial charge in [0, 0.05) is 23.1 Å². The Morgan fingerprint density at radius 1 is 1.06 bits per heavy atom. The standard InChI is InChI=1S/C22H27Cl2N3O4S/c1-5-25-22(29)16(3)26(13-17-6-8-18(23)9-7-17)21(28)14-27(32(4,30)31)20-11-10-19(24)12-15(20)2/h6-12,16H,5,13-14H2,1-4H3,(H,25,29)/t16-/m0/s1. The molecule has 0 fully saturated rings. The van der Waals surface area contributed by atoms with Crippen LogP contribution in [0.2, 0.25) is 10.0 Å². The molecule has 0 heterocycles. The second-order valence-electron chi connectivity index (χ2n) is 7.42. The molecule has 32 heavy (non-hydrogen) atoms. The molecule has 1 atom stereocenters. The van der Waals surface area contributed by atoms with Crippen LogP contribution in [0, 0.1) is 6.92 Å². The monoisotopic (exact) mass is 499 g/mol. The van der Waals surface area contributed by atoms with Crippen LogP contribution < -0.4 is 9.62 Å². The second kappa shape index (κ2) is 11.0. The molecule has 0 unspecified atom stereocenters. The van der Waals surface area contributed by atoms with Crippen molar-refractivity contribution in [2.75, 3.05) is 23.7 Å². The first-order valence-electron chi connectivity index (χ1n) is 9.99. The third kappa shape index (κ3) is 6.85. The number of anilines is 1. The van der Waals surface area contributed by atoms with Crippen LogP contribution in [0.1, 0.15) is 25.0 Å². The number of carbonyl (C=O) groups excluding carboxylic acids is 2. The highest BCUT2D eigenvalue weighted by atomic mass is 35.5. The molecule has 0 radical (unpaired) electrons. The lowest BCUT2D eigenvalue weighted by Crippen LogP contribution is -2.51. The molecule has 0 aliphatic rings. The zero-order chi connectivity index (χ0) is 24.1. The van der Waals surface area contributed by atoms with Crippen molar-refractivity contribution >= 4 is 50.7 Å². The van der Waals surface area contributed by atoms with Gasteiger partial charge in [0.15, 0.2) is 0 Å². The van der Waals surface area contributed by atoms with Crippen LogP contribution in [-0.2, 0) is 26.2 Å². The van der Waals surface area contributed by atoms with Crippen molar-refractivity contribution in [3.8, 4) is 0 Å². The maximum atomic E-state index is 13.4. The van der Waals surface area contributed by atoms with Gasteiger partial charge in [0.05, 0.1) is 11.9 Å². The zero-order valence-electron chi connectivity index (χ0n) is 18.4. The summed E-state index contributed by atoms with van der Waals surface area (Å²) in [5.41, 5.74) is 1.71. The average Bonchev–Trinajstić information content (AvgIpc) is 2.71. The minimum atomic E-state index is -3.79. The Labute approximate surface area is 199 Å². The Morgan fingerprint density at radius 3 is 2.19 bits per heavy atom. The fraction of sp³-hybridized carbons (Fsp3) is 0.364. The summed E-state index contributed by atoms with van der Waals surface area (Å²) in [6.07, 6.45) is 1.03. The first-order valence-corrected chi connectivity index (χ1v) is 12.6. The fourth-order valence-corrected chi connectivity index (χ4v) is 4.44. The lowest BCUT2D eigenvalue weighted by atomic mass is 10.1. The molecule has 7 nitrogen and oxygen atoms in total. The van der Waals surface area contributed by atoms with Crippen molar-refractivity contribution in [2.45, 2.75) is 33.4 Å². The average molecular weight is 500 g/mol. The number of rotatable bonds is 9. The number of amides is 2. The van der Waals surface area contributed by atoms with Gasteiger partial charge in [-0.05, 0) is 62.2 Å². The van der Waals surface area contributed by atoms with E-state index in [4.69, 9.17) is 23.2 Å². The van der Waals surface area contributed by atoms with E-state index in [1.165, 1.54) is 4.90 Å². The molecular weight excluding hydrogens is 473 g/mol. The Kier molecular flexibility index (Phi) is 8.95. The molecule has 1 N–H and O–H groups in total. The maximum absolute atomic E-state index is 13.4. The topological polar surface area (TPSA) is 86.8 Å². The van der Waals surface area contributed by atoms with Gasteiger partial charge in [-0.1, -0.05) is 35.3 Å². The van der Waals surface area contributed by atoms with Crippen molar-refractivity contribution in [3.63, 3.8) is 0 Å². The third-order valence-electron chi connectivity index (χ3n) is 4.89. The summed E-state index contributed by atoms with van der Waals surface area (Å²) < 4.78 is 26.1. The second-order valence-corrected chi connectivity index (χ2v) is 10.2. The molecule has 0 saturated carbocycles. The number of likely N-dealkylation sites (N-methyl/N-ethyl adjacent to an activating group) is 1. The van der Waals surface area contributed by atoms with Crippen LogP contribution in [0.3, 0.4) is 0 Å². The Hall–Kier alpha value is -2.29. The van der Waals surface area contributed by atoms with Crippen molar-refractivity contribution in [3.05, 3.63) is 63.6 Å². The summed E-state index contributed by atoms with van der Waals surface area (Å²) >= 11 is 12.0. The van der Waals surface area contributed by atoms with Gasteiger partial charge in [0.25, 0.3) is 0 Å². The van der Waals surface area contributed by atoms with E-state index >= 15 is 0 Å². The van der Waals surface area contributed by atoms with Gasteiger partial charge in [-0.2, -0.15) is 0 Å². The van der Waals surface area contributed by atoms with Crippen LogP contribution in [0.4, 0.5) is 5.69 Å². The van der Waals surface area contributed by atoms with E-state index in [0.29, 0.717) is 27.8 Å². The number of carbonyl (C=O) groups is 2. The number of halogens is 2. The van der Waals surface area contributed by atoms with Crippen molar-refractivity contribution in [2.24, 2.45) is 0 Å². The molecule has 0 aliphatic carbocycles. The van der Waals surface area contributed by atoms with Crippen LogP contribution in [0.15, 0.2) is 42.5 Å². The largest absolute Gasteiger partial charge is 0.355 e. The number of benzene rings is 2. The number of nitrogens with one attached hydrogen (secondary N) is 1. The number of sulfonamides is 1. The van der Waals surface area contributed by atoms with Gasteiger partial charge in [-0.3, -0.25) is 13.9 Å². The van der Waals surface area contributed by atoms with E-state index in [-0.39, 0.29) is 12.5 Å². The van der Waals surface area contributed by atoms with Crippen LogP contribution in [0.25, 0.3) is 0 Å². The molecule has 0 aliphatic heterocycles. The van der Waals surface area contributed by atoms with E-state index in [1.54, 1.807) is 63.2 Å². The van der Waals surface area contributed by atoms with Crippen LogP contribution in [0.5, 0.6) is 0 Å². The summed E-state index contributed by atoms with van der Waals surface area (Å²) in [5.74, 6) is -0.845. The number of hydrogen-bond donors (Lipinski definition) is 1. The zero-order valence-corrected chi connectivity index (χ0v) is 20.8. The normalized spacial score (nSPS) is 12.2. The smallest absolute Gasteiger partial charge is 0.244 e. The number of hydrogen-bond acceptors (Lipinski definition) is 4. The lowest BCUT2D eigenvalue weighted by molar-refractivity contribution is -0.139. The van der Waals surface area contributed by atoms with Crippen LogP contribution >= 0.6 is 23.2 Å². The molecule has 174 valence electrons. The van der Waals surface area contributed by atoms with Gasteiger partial charge >= 0.3 is 0 Å². The number of nitrogens with zero attached hydrogens (tertiary/aromatic N) is 2. The lowest BCUT2D eigenvalue weighted by Gasteiger charge is -2.31. The van der Waals surface area contributed by atoms with Crippen molar-refractivity contribution in [1.82, 2.24) is 10.2 Å². The molecule has 10 heteroatoms. The molecule has 2 amide bonds. The minimum Gasteiger partial charge on any atom is -0.355 e. The predicted molar refractivity (Wildman–Crippen MR) is 129 cm³/mol. The van der Waals surface area contributed by atoms with Gasteiger partial charge < -0.3 is 10.2 Å². The van der Waals surface area contributed by atoms with Crippen LogP contribution in [-0.4, -0.2) is 50.5 Å².